The zero-order chi connectivity index (χ0) is 14.4. The van der Waals surface area contributed by atoms with Crippen LogP contribution in [0.5, 0.6) is 0 Å². The summed E-state index contributed by atoms with van der Waals surface area (Å²) in [5, 5.41) is 3.44. The molecule has 2 aliphatic rings. The second-order valence-corrected chi connectivity index (χ2v) is 6.56. The highest BCUT2D eigenvalue weighted by Crippen LogP contribution is 2.23. The minimum absolute atomic E-state index is 0. The second kappa shape index (κ2) is 9.87. The third-order valence-electron chi connectivity index (χ3n) is 4.19. The second-order valence-electron chi connectivity index (χ2n) is 6.56. The number of halogens is 1. The van der Waals surface area contributed by atoms with Gasteiger partial charge in [-0.1, -0.05) is 13.8 Å². The van der Waals surface area contributed by atoms with Gasteiger partial charge in [-0.3, -0.25) is 4.99 Å². The van der Waals surface area contributed by atoms with Gasteiger partial charge in [0.05, 0.1) is 12.6 Å². The van der Waals surface area contributed by atoms with Gasteiger partial charge >= 0.3 is 0 Å². The highest BCUT2D eigenvalue weighted by atomic mass is 127. The summed E-state index contributed by atoms with van der Waals surface area (Å²) in [6.07, 6.45) is 5.35. The first kappa shape index (κ1) is 19.0. The van der Waals surface area contributed by atoms with Crippen molar-refractivity contribution in [2.75, 3.05) is 32.8 Å². The van der Waals surface area contributed by atoms with Gasteiger partial charge in [0, 0.05) is 26.2 Å². The van der Waals surface area contributed by atoms with Crippen LogP contribution in [-0.2, 0) is 4.74 Å². The molecule has 0 saturated carbocycles. The van der Waals surface area contributed by atoms with Crippen molar-refractivity contribution >= 4 is 29.9 Å². The average Bonchev–Trinajstić information content (AvgIpc) is 3.05. The standard InChI is InChI=1S/C16H31N3O.HI/c1-4-17-16(18-11-15-6-5-9-20-15)19-8-7-14(12-19)10-13(2)3;/h13-15H,4-12H2,1-3H3,(H,17,18);1H. The van der Waals surface area contributed by atoms with Crippen LogP contribution in [0.4, 0.5) is 0 Å². The largest absolute Gasteiger partial charge is 0.376 e. The predicted octanol–water partition coefficient (Wildman–Crippen LogP) is 3.12. The Hall–Kier alpha value is -0.0400. The van der Waals surface area contributed by atoms with Gasteiger partial charge in [0.1, 0.15) is 0 Å². The molecule has 5 heteroatoms. The fourth-order valence-corrected chi connectivity index (χ4v) is 3.29. The van der Waals surface area contributed by atoms with Crippen LogP contribution in [0.15, 0.2) is 4.99 Å². The lowest BCUT2D eigenvalue weighted by Crippen LogP contribution is -2.40. The SMILES string of the molecule is CCNC(=NCC1CCCO1)N1CCC(CC(C)C)C1.I. The molecule has 0 aromatic rings. The lowest BCUT2D eigenvalue weighted by molar-refractivity contribution is 0.117. The van der Waals surface area contributed by atoms with Crippen molar-refractivity contribution in [1.29, 1.82) is 0 Å². The summed E-state index contributed by atoms with van der Waals surface area (Å²) in [6.45, 7) is 11.8. The van der Waals surface area contributed by atoms with Crippen molar-refractivity contribution < 1.29 is 4.74 Å². The topological polar surface area (TPSA) is 36.9 Å². The van der Waals surface area contributed by atoms with Crippen LogP contribution in [0.25, 0.3) is 0 Å². The van der Waals surface area contributed by atoms with E-state index in [1.807, 2.05) is 0 Å². The monoisotopic (exact) mass is 409 g/mol. The van der Waals surface area contributed by atoms with E-state index in [1.165, 1.54) is 25.7 Å². The Balaban J connectivity index is 0.00000220. The van der Waals surface area contributed by atoms with Crippen LogP contribution in [0.3, 0.4) is 0 Å². The molecule has 1 N–H and O–H groups in total. The van der Waals surface area contributed by atoms with Gasteiger partial charge in [-0.15, -0.1) is 24.0 Å². The van der Waals surface area contributed by atoms with Gasteiger partial charge in [0.25, 0.3) is 0 Å². The zero-order valence-electron chi connectivity index (χ0n) is 13.8. The Morgan fingerprint density at radius 3 is 2.81 bits per heavy atom. The van der Waals surface area contributed by atoms with Crippen molar-refractivity contribution in [3.63, 3.8) is 0 Å². The fourth-order valence-electron chi connectivity index (χ4n) is 3.29. The molecule has 2 rings (SSSR count). The fraction of sp³-hybridized carbons (Fsp3) is 0.938. The van der Waals surface area contributed by atoms with Crippen LogP contribution in [0.2, 0.25) is 0 Å². The Morgan fingerprint density at radius 2 is 2.19 bits per heavy atom. The molecular weight excluding hydrogens is 377 g/mol. The van der Waals surface area contributed by atoms with E-state index in [1.54, 1.807) is 0 Å². The Labute approximate surface area is 147 Å². The van der Waals surface area contributed by atoms with Crippen LogP contribution < -0.4 is 5.32 Å². The molecule has 0 aromatic carbocycles. The van der Waals surface area contributed by atoms with Gasteiger partial charge in [-0.05, 0) is 44.4 Å². The quantitative estimate of drug-likeness (QED) is 0.431. The molecule has 0 radical (unpaired) electrons. The molecule has 0 aliphatic carbocycles. The Bertz CT molecular complexity index is 317. The molecule has 2 aliphatic heterocycles. The number of hydrogen-bond donors (Lipinski definition) is 1. The third-order valence-corrected chi connectivity index (χ3v) is 4.19. The first-order valence-corrected chi connectivity index (χ1v) is 8.34. The number of nitrogens with zero attached hydrogens (tertiary/aromatic N) is 2. The van der Waals surface area contributed by atoms with E-state index in [0.717, 1.165) is 50.6 Å². The van der Waals surface area contributed by atoms with Crippen LogP contribution >= 0.6 is 24.0 Å². The van der Waals surface area contributed by atoms with Crippen LogP contribution in [-0.4, -0.2) is 49.7 Å². The van der Waals surface area contributed by atoms with E-state index in [2.05, 4.69) is 31.0 Å². The van der Waals surface area contributed by atoms with Crippen LogP contribution in [0.1, 0.15) is 46.5 Å². The molecule has 0 bridgehead atoms. The maximum Gasteiger partial charge on any atom is 0.194 e. The van der Waals surface area contributed by atoms with E-state index in [4.69, 9.17) is 9.73 Å². The molecule has 2 saturated heterocycles. The van der Waals surface area contributed by atoms with Crippen molar-refractivity contribution in [2.45, 2.75) is 52.6 Å². The minimum Gasteiger partial charge on any atom is -0.376 e. The van der Waals surface area contributed by atoms with E-state index < -0.39 is 0 Å². The highest BCUT2D eigenvalue weighted by molar-refractivity contribution is 14.0. The molecule has 0 aromatic heterocycles. The number of hydrogen-bond acceptors (Lipinski definition) is 2. The summed E-state index contributed by atoms with van der Waals surface area (Å²) in [7, 11) is 0. The van der Waals surface area contributed by atoms with Gasteiger partial charge in [-0.25, -0.2) is 0 Å². The number of rotatable bonds is 5. The Morgan fingerprint density at radius 1 is 1.38 bits per heavy atom. The van der Waals surface area contributed by atoms with Gasteiger partial charge in [0.2, 0.25) is 0 Å². The van der Waals surface area contributed by atoms with Gasteiger partial charge in [-0.2, -0.15) is 0 Å². The van der Waals surface area contributed by atoms with Gasteiger partial charge < -0.3 is 15.0 Å². The lowest BCUT2D eigenvalue weighted by atomic mass is 9.97. The molecule has 4 nitrogen and oxygen atoms in total. The summed E-state index contributed by atoms with van der Waals surface area (Å²) in [4.78, 5) is 7.23. The van der Waals surface area contributed by atoms with E-state index in [-0.39, 0.29) is 24.0 Å². The molecule has 2 fully saturated rings. The smallest absolute Gasteiger partial charge is 0.194 e. The van der Waals surface area contributed by atoms with E-state index >= 15 is 0 Å². The normalized spacial score (nSPS) is 26.3. The molecule has 0 spiro atoms. The van der Waals surface area contributed by atoms with Crippen molar-refractivity contribution in [3.8, 4) is 0 Å². The van der Waals surface area contributed by atoms with Crippen molar-refractivity contribution in [1.82, 2.24) is 10.2 Å². The molecular formula is C16H32IN3O. The number of likely N-dealkylation sites (tertiary alicyclic amines) is 1. The highest BCUT2D eigenvalue weighted by Gasteiger charge is 2.25. The van der Waals surface area contributed by atoms with Crippen molar-refractivity contribution in [3.05, 3.63) is 0 Å². The zero-order valence-corrected chi connectivity index (χ0v) is 16.1. The van der Waals surface area contributed by atoms with Crippen LogP contribution in [0, 0.1) is 11.8 Å². The summed E-state index contributed by atoms with van der Waals surface area (Å²) >= 11 is 0. The first-order chi connectivity index (χ1) is 9.69. The predicted molar refractivity (Wildman–Crippen MR) is 99.5 cm³/mol. The lowest BCUT2D eigenvalue weighted by Gasteiger charge is -2.22. The maximum atomic E-state index is 5.66. The molecule has 2 atom stereocenters. The Kier molecular flexibility index (Phi) is 8.94. The third kappa shape index (κ3) is 6.30. The molecule has 2 heterocycles. The van der Waals surface area contributed by atoms with E-state index in [0.29, 0.717) is 6.10 Å². The molecule has 2 unspecified atom stereocenters. The van der Waals surface area contributed by atoms with Crippen molar-refractivity contribution in [2.24, 2.45) is 16.8 Å². The minimum atomic E-state index is 0. The van der Waals surface area contributed by atoms with E-state index in [9.17, 15) is 0 Å². The maximum absolute atomic E-state index is 5.66. The summed E-state index contributed by atoms with van der Waals surface area (Å²) in [6, 6.07) is 0. The summed E-state index contributed by atoms with van der Waals surface area (Å²) < 4.78 is 5.66. The molecule has 124 valence electrons. The average molecular weight is 409 g/mol. The molecule has 21 heavy (non-hydrogen) atoms. The number of nitrogens with one attached hydrogen (secondary N) is 1. The molecule has 0 amide bonds. The van der Waals surface area contributed by atoms with Gasteiger partial charge in [0.15, 0.2) is 5.96 Å². The number of ether oxygens (including phenoxy) is 1. The number of aliphatic imine (C=N–C) groups is 1. The first-order valence-electron chi connectivity index (χ1n) is 8.34. The number of guanidine groups is 1. The summed E-state index contributed by atoms with van der Waals surface area (Å²) in [5.74, 6) is 2.72. The summed E-state index contributed by atoms with van der Waals surface area (Å²) in [5.41, 5.74) is 0.